The lowest BCUT2D eigenvalue weighted by Crippen LogP contribution is -2.21. The fourth-order valence-electron chi connectivity index (χ4n) is 1.49. The minimum Gasteiger partial charge on any atom is -0.481 e. The number of aliphatic carboxylic acids is 1. The summed E-state index contributed by atoms with van der Waals surface area (Å²) in [5, 5.41) is 19.4. The number of rotatable bonds is 4. The maximum Gasteiger partial charge on any atom is 0.309 e. The Morgan fingerprint density at radius 2 is 2.19 bits per heavy atom. The summed E-state index contributed by atoms with van der Waals surface area (Å²) in [6, 6.07) is 4.93. The molecule has 16 heavy (non-hydrogen) atoms. The van der Waals surface area contributed by atoms with Crippen molar-refractivity contribution in [3.8, 4) is 0 Å². The van der Waals surface area contributed by atoms with Gasteiger partial charge in [0.05, 0.1) is 12.0 Å². The summed E-state index contributed by atoms with van der Waals surface area (Å²) < 4.78 is 0.657. The molecule has 0 bridgehead atoms. The van der Waals surface area contributed by atoms with E-state index in [1.807, 2.05) is 0 Å². The van der Waals surface area contributed by atoms with E-state index in [1.165, 1.54) is 0 Å². The van der Waals surface area contributed by atoms with Gasteiger partial charge in [-0.05, 0) is 30.2 Å². The van der Waals surface area contributed by atoms with E-state index in [1.54, 1.807) is 25.1 Å². The Labute approximate surface area is 107 Å². The van der Waals surface area contributed by atoms with Crippen LogP contribution in [0.1, 0.15) is 25.0 Å². The third kappa shape index (κ3) is 2.97. The Morgan fingerprint density at radius 3 is 2.69 bits per heavy atom. The monoisotopic (exact) mass is 306 g/mol. The lowest BCUT2D eigenvalue weighted by atomic mass is 9.94. The molecular formula is C11H12BrClO3. The SMILES string of the molecule is CCC(C(=O)O)C(O)c1cc(Cl)ccc1Br. The predicted octanol–water partition coefficient (Wildman–Crippen LogP) is 3.25. The number of hydrogen-bond donors (Lipinski definition) is 2. The van der Waals surface area contributed by atoms with E-state index in [9.17, 15) is 9.90 Å². The maximum absolute atomic E-state index is 10.9. The van der Waals surface area contributed by atoms with Crippen molar-refractivity contribution in [3.63, 3.8) is 0 Å². The molecule has 2 atom stereocenters. The Morgan fingerprint density at radius 1 is 1.56 bits per heavy atom. The van der Waals surface area contributed by atoms with Crippen LogP contribution in [0.5, 0.6) is 0 Å². The highest BCUT2D eigenvalue weighted by Gasteiger charge is 2.27. The number of halogens is 2. The highest BCUT2D eigenvalue weighted by molar-refractivity contribution is 9.10. The van der Waals surface area contributed by atoms with Crippen LogP contribution in [0.4, 0.5) is 0 Å². The summed E-state index contributed by atoms with van der Waals surface area (Å²) in [7, 11) is 0. The first kappa shape index (κ1) is 13.5. The molecule has 0 amide bonds. The zero-order valence-corrected chi connectivity index (χ0v) is 11.0. The van der Waals surface area contributed by atoms with Crippen molar-refractivity contribution >= 4 is 33.5 Å². The highest BCUT2D eigenvalue weighted by atomic mass is 79.9. The maximum atomic E-state index is 10.9. The lowest BCUT2D eigenvalue weighted by Gasteiger charge is -2.19. The summed E-state index contributed by atoms with van der Waals surface area (Å²) in [6.07, 6.45) is -0.703. The van der Waals surface area contributed by atoms with Gasteiger partial charge in [-0.1, -0.05) is 34.5 Å². The zero-order chi connectivity index (χ0) is 12.3. The molecule has 0 saturated carbocycles. The summed E-state index contributed by atoms with van der Waals surface area (Å²) in [5.41, 5.74) is 0.502. The number of carboxylic acid groups (broad SMARTS) is 1. The Balaban J connectivity index is 3.07. The van der Waals surface area contributed by atoms with Crippen LogP contribution in [0.3, 0.4) is 0 Å². The van der Waals surface area contributed by atoms with Crippen molar-refractivity contribution in [2.75, 3.05) is 0 Å². The number of carboxylic acids is 1. The van der Waals surface area contributed by atoms with Crippen LogP contribution >= 0.6 is 27.5 Å². The summed E-state index contributed by atoms with van der Waals surface area (Å²) >= 11 is 9.08. The summed E-state index contributed by atoms with van der Waals surface area (Å²) in [6.45, 7) is 1.72. The molecule has 1 aromatic rings. The van der Waals surface area contributed by atoms with Gasteiger partial charge in [-0.15, -0.1) is 0 Å². The second kappa shape index (κ2) is 5.66. The highest BCUT2D eigenvalue weighted by Crippen LogP contribution is 2.32. The topological polar surface area (TPSA) is 57.5 Å². The second-order valence-electron chi connectivity index (χ2n) is 3.46. The van der Waals surface area contributed by atoms with Gasteiger partial charge in [0.15, 0.2) is 0 Å². The van der Waals surface area contributed by atoms with Gasteiger partial charge < -0.3 is 10.2 Å². The molecule has 0 spiro atoms. The van der Waals surface area contributed by atoms with E-state index in [4.69, 9.17) is 16.7 Å². The average Bonchev–Trinajstić information content (AvgIpc) is 2.22. The zero-order valence-electron chi connectivity index (χ0n) is 8.65. The van der Waals surface area contributed by atoms with Crippen LogP contribution in [-0.2, 0) is 4.79 Å². The smallest absolute Gasteiger partial charge is 0.309 e. The first-order valence-electron chi connectivity index (χ1n) is 4.83. The molecule has 2 N–H and O–H groups in total. The largest absolute Gasteiger partial charge is 0.481 e. The van der Waals surface area contributed by atoms with Crippen molar-refractivity contribution in [2.24, 2.45) is 5.92 Å². The molecule has 0 heterocycles. The minimum atomic E-state index is -1.06. The first-order chi connectivity index (χ1) is 7.47. The molecule has 0 fully saturated rings. The number of hydrogen-bond acceptors (Lipinski definition) is 2. The third-order valence-electron chi connectivity index (χ3n) is 2.41. The molecule has 0 aliphatic rings. The molecule has 3 nitrogen and oxygen atoms in total. The van der Waals surface area contributed by atoms with Gasteiger partial charge in [0, 0.05) is 9.50 Å². The van der Waals surface area contributed by atoms with Gasteiger partial charge in [0.25, 0.3) is 0 Å². The second-order valence-corrected chi connectivity index (χ2v) is 4.75. The number of carbonyl (C=O) groups is 1. The van der Waals surface area contributed by atoms with Gasteiger partial charge in [0.1, 0.15) is 0 Å². The predicted molar refractivity (Wildman–Crippen MR) is 65.5 cm³/mol. The first-order valence-corrected chi connectivity index (χ1v) is 6.00. The quantitative estimate of drug-likeness (QED) is 0.898. The van der Waals surface area contributed by atoms with Crippen molar-refractivity contribution in [1.82, 2.24) is 0 Å². The van der Waals surface area contributed by atoms with Crippen molar-refractivity contribution in [2.45, 2.75) is 19.4 Å². The van der Waals surface area contributed by atoms with Crippen LogP contribution in [0, 0.1) is 5.92 Å². The molecule has 1 aromatic carbocycles. The molecule has 1 rings (SSSR count). The summed E-state index contributed by atoms with van der Waals surface area (Å²) in [4.78, 5) is 10.9. The third-order valence-corrected chi connectivity index (χ3v) is 3.37. The minimum absolute atomic E-state index is 0.357. The molecule has 0 aliphatic heterocycles. The molecule has 2 unspecified atom stereocenters. The van der Waals surface area contributed by atoms with Gasteiger partial charge in [-0.3, -0.25) is 4.79 Å². The van der Waals surface area contributed by atoms with E-state index < -0.39 is 18.0 Å². The van der Waals surface area contributed by atoms with Gasteiger partial charge >= 0.3 is 5.97 Å². The fraction of sp³-hybridized carbons (Fsp3) is 0.364. The number of aliphatic hydroxyl groups is 1. The molecular weight excluding hydrogens is 295 g/mol. The van der Waals surface area contributed by atoms with Crippen LogP contribution in [0.2, 0.25) is 5.02 Å². The van der Waals surface area contributed by atoms with E-state index in [-0.39, 0.29) is 0 Å². The molecule has 0 saturated heterocycles. The van der Waals surface area contributed by atoms with Crippen molar-refractivity contribution in [3.05, 3.63) is 33.3 Å². The summed E-state index contributed by atoms with van der Waals surface area (Å²) in [5.74, 6) is -1.84. The van der Waals surface area contributed by atoms with Crippen LogP contribution in [-0.4, -0.2) is 16.2 Å². The Hall–Kier alpha value is -0.580. The molecule has 0 aromatic heterocycles. The van der Waals surface area contributed by atoms with Gasteiger partial charge in [-0.25, -0.2) is 0 Å². The van der Waals surface area contributed by atoms with Gasteiger partial charge in [-0.2, -0.15) is 0 Å². The normalized spacial score (nSPS) is 14.5. The molecule has 5 heteroatoms. The average molecular weight is 308 g/mol. The number of benzene rings is 1. The molecule has 0 radical (unpaired) electrons. The Kier molecular flexibility index (Phi) is 4.77. The van der Waals surface area contributed by atoms with E-state index in [0.29, 0.717) is 21.5 Å². The standard InChI is InChI=1S/C11H12BrClO3/c1-2-7(11(15)16)10(14)8-5-6(13)3-4-9(8)12/h3-5,7,10,14H,2H2,1H3,(H,15,16). The van der Waals surface area contributed by atoms with Crippen molar-refractivity contribution < 1.29 is 15.0 Å². The fourth-order valence-corrected chi connectivity index (χ4v) is 2.15. The number of aliphatic hydroxyl groups excluding tert-OH is 1. The van der Waals surface area contributed by atoms with Gasteiger partial charge in [0.2, 0.25) is 0 Å². The van der Waals surface area contributed by atoms with E-state index in [2.05, 4.69) is 15.9 Å². The Bertz CT molecular complexity index is 395. The van der Waals surface area contributed by atoms with Crippen molar-refractivity contribution in [1.29, 1.82) is 0 Å². The van der Waals surface area contributed by atoms with Crippen LogP contribution < -0.4 is 0 Å². The van der Waals surface area contributed by atoms with E-state index >= 15 is 0 Å². The van der Waals surface area contributed by atoms with Crippen LogP contribution in [0.15, 0.2) is 22.7 Å². The molecule has 88 valence electrons. The van der Waals surface area contributed by atoms with E-state index in [0.717, 1.165) is 0 Å². The lowest BCUT2D eigenvalue weighted by molar-refractivity contribution is -0.146. The molecule has 0 aliphatic carbocycles. The van der Waals surface area contributed by atoms with Crippen LogP contribution in [0.25, 0.3) is 0 Å².